The Labute approximate surface area is 98.1 Å². The Morgan fingerprint density at radius 2 is 1.76 bits per heavy atom. The maximum Gasteiger partial charge on any atom is 0.323 e. The highest BCUT2D eigenvalue weighted by atomic mass is 16.1. The smallest absolute Gasteiger partial charge is 0.312 e. The normalized spacial score (nSPS) is 10.9. The van der Waals surface area contributed by atoms with Gasteiger partial charge in [0.25, 0.3) is 0 Å². The topological polar surface area (TPSA) is 48.6 Å². The molecule has 0 aliphatic heterocycles. The fraction of sp³-hybridized carbons (Fsp3) is 0.0714. The predicted molar refractivity (Wildman–Crippen MR) is 69.1 cm³/mol. The van der Waals surface area contributed by atoms with Crippen LogP contribution in [-0.4, -0.2) is 9.97 Å². The summed E-state index contributed by atoms with van der Waals surface area (Å²) in [4.78, 5) is 16.4. The van der Waals surface area contributed by atoms with E-state index >= 15 is 0 Å². The SMILES string of the molecule is Cc1ccc2cc(-c3c[nH]c(=O)[nH]3)ccc2c1. The van der Waals surface area contributed by atoms with Crippen LogP contribution in [0.15, 0.2) is 47.4 Å². The van der Waals surface area contributed by atoms with Crippen LogP contribution in [-0.2, 0) is 0 Å². The molecule has 3 heteroatoms. The lowest BCUT2D eigenvalue weighted by Crippen LogP contribution is -1.99. The van der Waals surface area contributed by atoms with Crippen LogP contribution in [0.1, 0.15) is 5.56 Å². The zero-order valence-electron chi connectivity index (χ0n) is 9.45. The summed E-state index contributed by atoms with van der Waals surface area (Å²) < 4.78 is 0. The molecule has 3 rings (SSSR count). The van der Waals surface area contributed by atoms with Gasteiger partial charge in [0.05, 0.1) is 5.69 Å². The molecule has 0 spiro atoms. The molecule has 0 saturated heterocycles. The second-order valence-corrected chi connectivity index (χ2v) is 4.22. The second-order valence-electron chi connectivity index (χ2n) is 4.22. The molecule has 3 nitrogen and oxygen atoms in total. The van der Waals surface area contributed by atoms with Gasteiger partial charge in [0, 0.05) is 11.8 Å². The Bertz CT molecular complexity index is 737. The average molecular weight is 224 g/mol. The van der Waals surface area contributed by atoms with Crippen LogP contribution < -0.4 is 5.69 Å². The standard InChI is InChI=1S/C14H12N2O/c1-9-2-3-11-7-12(5-4-10(11)6-9)13-8-15-14(17)16-13/h2-8H,1H3,(H2,15,16,17). The van der Waals surface area contributed by atoms with Gasteiger partial charge in [-0.15, -0.1) is 0 Å². The Kier molecular flexibility index (Phi) is 2.11. The van der Waals surface area contributed by atoms with Crippen LogP contribution in [0.3, 0.4) is 0 Å². The number of aryl methyl sites for hydroxylation is 1. The Morgan fingerprint density at radius 1 is 1.00 bits per heavy atom. The molecule has 0 bridgehead atoms. The molecule has 0 aliphatic rings. The van der Waals surface area contributed by atoms with Gasteiger partial charge < -0.3 is 9.97 Å². The van der Waals surface area contributed by atoms with E-state index in [0.717, 1.165) is 11.3 Å². The number of aromatic nitrogens is 2. The Balaban J connectivity index is 2.20. The number of hydrogen-bond donors (Lipinski definition) is 2. The van der Waals surface area contributed by atoms with Crippen molar-refractivity contribution in [3.8, 4) is 11.3 Å². The lowest BCUT2D eigenvalue weighted by molar-refractivity contribution is 1.19. The molecule has 2 N–H and O–H groups in total. The molecule has 0 fully saturated rings. The lowest BCUT2D eigenvalue weighted by atomic mass is 10.0. The average Bonchev–Trinajstić information content (AvgIpc) is 2.75. The van der Waals surface area contributed by atoms with Gasteiger partial charge in [0.2, 0.25) is 0 Å². The van der Waals surface area contributed by atoms with E-state index in [9.17, 15) is 4.79 Å². The number of H-pyrrole nitrogens is 2. The minimum Gasteiger partial charge on any atom is -0.312 e. The van der Waals surface area contributed by atoms with Gasteiger partial charge in [-0.2, -0.15) is 0 Å². The maximum absolute atomic E-state index is 11.1. The minimum absolute atomic E-state index is 0.177. The zero-order valence-corrected chi connectivity index (χ0v) is 9.45. The third-order valence-electron chi connectivity index (χ3n) is 2.90. The summed E-state index contributed by atoms with van der Waals surface area (Å²) in [6, 6.07) is 12.5. The van der Waals surface area contributed by atoms with Gasteiger partial charge in [-0.25, -0.2) is 4.79 Å². The van der Waals surface area contributed by atoms with Gasteiger partial charge in [-0.3, -0.25) is 0 Å². The highest BCUT2D eigenvalue weighted by Crippen LogP contribution is 2.22. The first-order valence-electron chi connectivity index (χ1n) is 5.51. The van der Waals surface area contributed by atoms with Crippen LogP contribution in [0.2, 0.25) is 0 Å². The zero-order chi connectivity index (χ0) is 11.8. The van der Waals surface area contributed by atoms with Crippen molar-refractivity contribution in [2.75, 3.05) is 0 Å². The van der Waals surface area contributed by atoms with Crippen molar-refractivity contribution >= 4 is 10.8 Å². The van der Waals surface area contributed by atoms with E-state index in [-0.39, 0.29) is 5.69 Å². The van der Waals surface area contributed by atoms with Crippen LogP contribution in [0.5, 0.6) is 0 Å². The molecule has 1 heterocycles. The van der Waals surface area contributed by atoms with Crippen LogP contribution in [0.25, 0.3) is 22.0 Å². The van der Waals surface area contributed by atoms with E-state index in [1.54, 1.807) is 6.20 Å². The summed E-state index contributed by atoms with van der Waals surface area (Å²) in [6.45, 7) is 2.08. The molecule has 0 radical (unpaired) electrons. The first-order valence-corrected chi connectivity index (χ1v) is 5.51. The molecule has 0 atom stereocenters. The summed E-state index contributed by atoms with van der Waals surface area (Å²) in [5.41, 5.74) is 2.90. The van der Waals surface area contributed by atoms with E-state index in [2.05, 4.69) is 47.2 Å². The first-order chi connectivity index (χ1) is 8.22. The van der Waals surface area contributed by atoms with Crippen molar-refractivity contribution in [3.63, 3.8) is 0 Å². The van der Waals surface area contributed by atoms with Crippen molar-refractivity contribution in [3.05, 3.63) is 58.6 Å². The number of aromatic amines is 2. The van der Waals surface area contributed by atoms with Crippen LogP contribution in [0.4, 0.5) is 0 Å². The van der Waals surface area contributed by atoms with Crippen molar-refractivity contribution in [2.24, 2.45) is 0 Å². The van der Waals surface area contributed by atoms with E-state index in [1.807, 2.05) is 6.07 Å². The van der Waals surface area contributed by atoms with Gasteiger partial charge in [-0.05, 0) is 23.8 Å². The quantitative estimate of drug-likeness (QED) is 0.656. The minimum atomic E-state index is -0.177. The van der Waals surface area contributed by atoms with Crippen LogP contribution in [0, 0.1) is 6.92 Å². The molecule has 0 unspecified atom stereocenters. The lowest BCUT2D eigenvalue weighted by Gasteiger charge is -2.02. The Morgan fingerprint density at radius 3 is 2.53 bits per heavy atom. The van der Waals surface area contributed by atoms with E-state index in [1.165, 1.54) is 16.3 Å². The maximum atomic E-state index is 11.1. The molecule has 0 aliphatic carbocycles. The van der Waals surface area contributed by atoms with Crippen molar-refractivity contribution < 1.29 is 0 Å². The second kappa shape index (κ2) is 3.63. The van der Waals surface area contributed by atoms with E-state index in [0.29, 0.717) is 0 Å². The third kappa shape index (κ3) is 1.76. The molecular formula is C14H12N2O. The molecular weight excluding hydrogens is 212 g/mol. The first kappa shape index (κ1) is 9.90. The van der Waals surface area contributed by atoms with Crippen molar-refractivity contribution in [1.82, 2.24) is 9.97 Å². The van der Waals surface area contributed by atoms with Gasteiger partial charge >= 0.3 is 5.69 Å². The van der Waals surface area contributed by atoms with Gasteiger partial charge in [0.1, 0.15) is 0 Å². The van der Waals surface area contributed by atoms with Crippen molar-refractivity contribution in [1.29, 1.82) is 0 Å². The van der Waals surface area contributed by atoms with Crippen LogP contribution >= 0.6 is 0 Å². The third-order valence-corrected chi connectivity index (χ3v) is 2.90. The Hall–Kier alpha value is -2.29. The summed E-state index contributed by atoms with van der Waals surface area (Å²) in [7, 11) is 0. The highest BCUT2D eigenvalue weighted by Gasteiger charge is 2.01. The summed E-state index contributed by atoms with van der Waals surface area (Å²) in [6.07, 6.45) is 1.69. The number of fused-ring (bicyclic) bond motifs is 1. The monoisotopic (exact) mass is 224 g/mol. The molecule has 1 aromatic heterocycles. The summed E-state index contributed by atoms with van der Waals surface area (Å²) in [5, 5.41) is 2.39. The van der Waals surface area contributed by atoms with E-state index in [4.69, 9.17) is 0 Å². The fourth-order valence-electron chi connectivity index (χ4n) is 2.02. The highest BCUT2D eigenvalue weighted by molar-refractivity contribution is 5.87. The van der Waals surface area contributed by atoms with E-state index < -0.39 is 0 Å². The number of benzene rings is 2. The predicted octanol–water partition coefficient (Wildman–Crippen LogP) is 2.83. The number of imidazole rings is 1. The molecule has 0 amide bonds. The summed E-state index contributed by atoms with van der Waals surface area (Å²) >= 11 is 0. The van der Waals surface area contributed by atoms with Gasteiger partial charge in [-0.1, -0.05) is 35.9 Å². The number of hydrogen-bond acceptors (Lipinski definition) is 1. The molecule has 84 valence electrons. The number of rotatable bonds is 1. The molecule has 2 aromatic carbocycles. The molecule has 0 saturated carbocycles. The molecule has 17 heavy (non-hydrogen) atoms. The summed E-state index contributed by atoms with van der Waals surface area (Å²) in [5.74, 6) is 0. The fourth-order valence-corrected chi connectivity index (χ4v) is 2.02. The van der Waals surface area contributed by atoms with Crippen molar-refractivity contribution in [2.45, 2.75) is 6.92 Å². The van der Waals surface area contributed by atoms with Gasteiger partial charge in [0.15, 0.2) is 0 Å². The largest absolute Gasteiger partial charge is 0.323 e. The number of nitrogens with one attached hydrogen (secondary N) is 2. The molecule has 3 aromatic rings.